The first-order valence-electron chi connectivity index (χ1n) is 8.43. The lowest BCUT2D eigenvalue weighted by Gasteiger charge is -2.18. The van der Waals surface area contributed by atoms with Crippen LogP contribution in [-0.4, -0.2) is 16.5 Å². The van der Waals surface area contributed by atoms with Crippen molar-refractivity contribution in [1.82, 2.24) is 4.98 Å². The average molecular weight is 421 g/mol. The first-order chi connectivity index (χ1) is 13.1. The van der Waals surface area contributed by atoms with E-state index in [1.807, 2.05) is 0 Å². The molecule has 0 aliphatic heterocycles. The zero-order chi connectivity index (χ0) is 20.5. The zero-order valence-corrected chi connectivity index (χ0v) is 16.9. The van der Waals surface area contributed by atoms with Crippen molar-refractivity contribution in [3.8, 4) is 16.9 Å². The second kappa shape index (κ2) is 7.92. The lowest BCUT2D eigenvalue weighted by molar-refractivity contribution is 0.227. The van der Waals surface area contributed by atoms with Gasteiger partial charge in [-0.05, 0) is 48.9 Å². The third-order valence-electron chi connectivity index (χ3n) is 4.26. The molecule has 28 heavy (non-hydrogen) atoms. The third kappa shape index (κ3) is 4.53. The van der Waals surface area contributed by atoms with Gasteiger partial charge in [0, 0.05) is 34.3 Å². The van der Waals surface area contributed by atoms with Gasteiger partial charge in [0.1, 0.15) is 11.9 Å². The van der Waals surface area contributed by atoms with E-state index in [2.05, 4.69) is 4.98 Å². The molecule has 8 heteroatoms. The molecule has 0 saturated heterocycles. The Balaban J connectivity index is 1.89. The number of hydrogen-bond acceptors (Lipinski definition) is 4. The van der Waals surface area contributed by atoms with Crippen molar-refractivity contribution in [2.24, 2.45) is 0 Å². The van der Waals surface area contributed by atoms with E-state index in [9.17, 15) is 13.8 Å². The SMILES string of the molecule is CC(Oc1cc(-c2ccc(P(C)(=O)O)cc2)cnc1N)c1cc(F)ccc1Cl. The van der Waals surface area contributed by atoms with Gasteiger partial charge in [-0.1, -0.05) is 23.7 Å². The minimum Gasteiger partial charge on any atom is -0.482 e. The maximum Gasteiger partial charge on any atom is 0.226 e. The summed E-state index contributed by atoms with van der Waals surface area (Å²) in [6, 6.07) is 12.4. The van der Waals surface area contributed by atoms with Crippen LogP contribution in [0.1, 0.15) is 18.6 Å². The van der Waals surface area contributed by atoms with Gasteiger partial charge in [0.05, 0.1) is 0 Å². The Morgan fingerprint density at radius 2 is 1.86 bits per heavy atom. The zero-order valence-electron chi connectivity index (χ0n) is 15.3. The fourth-order valence-corrected chi connectivity index (χ4v) is 3.69. The van der Waals surface area contributed by atoms with E-state index in [4.69, 9.17) is 22.1 Å². The molecule has 0 saturated carbocycles. The number of rotatable bonds is 5. The third-order valence-corrected chi connectivity index (χ3v) is 5.86. The lowest BCUT2D eigenvalue weighted by atomic mass is 10.1. The van der Waals surface area contributed by atoms with Crippen LogP contribution in [0.15, 0.2) is 54.7 Å². The maximum atomic E-state index is 13.5. The van der Waals surface area contributed by atoms with Crippen LogP contribution in [0, 0.1) is 5.82 Å². The largest absolute Gasteiger partial charge is 0.482 e. The molecule has 0 radical (unpaired) electrons. The molecule has 0 amide bonds. The van der Waals surface area contributed by atoms with Crippen molar-refractivity contribution in [3.05, 3.63) is 71.1 Å². The normalized spacial score (nSPS) is 14.3. The summed E-state index contributed by atoms with van der Waals surface area (Å²) >= 11 is 6.14. The molecular weight excluding hydrogens is 402 g/mol. The van der Waals surface area contributed by atoms with Crippen LogP contribution in [0.25, 0.3) is 11.1 Å². The smallest absolute Gasteiger partial charge is 0.226 e. The number of nitrogens with zero attached hydrogens (tertiary/aromatic N) is 1. The van der Waals surface area contributed by atoms with Gasteiger partial charge in [-0.2, -0.15) is 0 Å². The van der Waals surface area contributed by atoms with Gasteiger partial charge in [0.2, 0.25) is 7.37 Å². The summed E-state index contributed by atoms with van der Waals surface area (Å²) in [5, 5.41) is 0.755. The Morgan fingerprint density at radius 3 is 2.50 bits per heavy atom. The summed E-state index contributed by atoms with van der Waals surface area (Å²) in [4.78, 5) is 13.8. The summed E-state index contributed by atoms with van der Waals surface area (Å²) in [7, 11) is -3.31. The average Bonchev–Trinajstić information content (AvgIpc) is 2.65. The minimum atomic E-state index is -3.31. The number of nitrogen functional groups attached to an aromatic ring is 1. The Kier molecular flexibility index (Phi) is 5.75. The van der Waals surface area contributed by atoms with Gasteiger partial charge in [-0.25, -0.2) is 9.37 Å². The van der Waals surface area contributed by atoms with Crippen molar-refractivity contribution >= 4 is 30.1 Å². The van der Waals surface area contributed by atoms with E-state index in [0.29, 0.717) is 21.6 Å². The fourth-order valence-electron chi connectivity index (χ4n) is 2.72. The highest BCUT2D eigenvalue weighted by Gasteiger charge is 2.16. The number of hydrogen-bond donors (Lipinski definition) is 2. The van der Waals surface area contributed by atoms with Crippen molar-refractivity contribution in [1.29, 1.82) is 0 Å². The topological polar surface area (TPSA) is 85.4 Å². The molecule has 146 valence electrons. The highest BCUT2D eigenvalue weighted by molar-refractivity contribution is 7.65. The van der Waals surface area contributed by atoms with E-state index in [1.54, 1.807) is 43.5 Å². The van der Waals surface area contributed by atoms with Crippen LogP contribution in [0.5, 0.6) is 5.75 Å². The number of benzene rings is 2. The Morgan fingerprint density at radius 1 is 1.18 bits per heavy atom. The van der Waals surface area contributed by atoms with Gasteiger partial charge < -0.3 is 15.4 Å². The second-order valence-corrected chi connectivity index (χ2v) is 9.14. The molecule has 2 atom stereocenters. The van der Waals surface area contributed by atoms with Crippen molar-refractivity contribution in [2.75, 3.05) is 12.4 Å². The lowest BCUT2D eigenvalue weighted by Crippen LogP contribution is -2.07. The maximum absolute atomic E-state index is 13.5. The molecule has 0 spiro atoms. The molecule has 0 aliphatic rings. The first-order valence-corrected chi connectivity index (χ1v) is 10.9. The summed E-state index contributed by atoms with van der Waals surface area (Å²) < 4.78 is 31.2. The van der Waals surface area contributed by atoms with Gasteiger partial charge in [0.15, 0.2) is 11.6 Å². The molecule has 0 fully saturated rings. The van der Waals surface area contributed by atoms with Crippen LogP contribution in [0.2, 0.25) is 5.02 Å². The standard InChI is InChI=1S/C20H19ClFN2O3P/c1-12(17-10-15(22)5-8-18(17)21)27-19-9-14(11-24-20(19)23)13-3-6-16(7-4-13)28(2,25)26/h3-12H,1-2H3,(H2,23,24)(H,25,26). The highest BCUT2D eigenvalue weighted by atomic mass is 35.5. The van der Waals surface area contributed by atoms with Gasteiger partial charge >= 0.3 is 0 Å². The predicted molar refractivity (Wildman–Crippen MR) is 110 cm³/mol. The van der Waals surface area contributed by atoms with Crippen LogP contribution in [0.4, 0.5) is 10.2 Å². The monoisotopic (exact) mass is 420 g/mol. The summed E-state index contributed by atoms with van der Waals surface area (Å²) in [5.74, 6) is 0.109. The van der Waals surface area contributed by atoms with Crippen molar-refractivity contribution < 1.29 is 18.6 Å². The van der Waals surface area contributed by atoms with E-state index in [1.165, 1.54) is 24.9 Å². The quantitative estimate of drug-likeness (QED) is 0.580. The number of ether oxygens (including phenoxy) is 1. The first kappa shape index (κ1) is 20.3. The van der Waals surface area contributed by atoms with Crippen molar-refractivity contribution in [3.63, 3.8) is 0 Å². The molecule has 0 bridgehead atoms. The van der Waals surface area contributed by atoms with E-state index in [-0.39, 0.29) is 5.82 Å². The molecule has 3 rings (SSSR count). The van der Waals surface area contributed by atoms with E-state index in [0.717, 1.165) is 11.1 Å². The summed E-state index contributed by atoms with van der Waals surface area (Å²) in [6.45, 7) is 3.03. The fraction of sp³-hybridized carbons (Fsp3) is 0.150. The molecule has 5 nitrogen and oxygen atoms in total. The van der Waals surface area contributed by atoms with E-state index < -0.39 is 19.3 Å². The van der Waals surface area contributed by atoms with Gasteiger partial charge in [0.25, 0.3) is 0 Å². The van der Waals surface area contributed by atoms with Crippen LogP contribution in [-0.2, 0) is 4.57 Å². The number of nitrogens with two attached hydrogens (primary N) is 1. The highest BCUT2D eigenvalue weighted by Crippen LogP contribution is 2.36. The molecular formula is C20H19ClFN2O3P. The summed E-state index contributed by atoms with van der Waals surface area (Å²) in [5.41, 5.74) is 7.93. The molecule has 3 aromatic rings. The van der Waals surface area contributed by atoms with Crippen LogP contribution >= 0.6 is 19.0 Å². The minimum absolute atomic E-state index is 0.188. The Hall–Kier alpha value is -2.40. The Labute approximate surface area is 167 Å². The second-order valence-electron chi connectivity index (χ2n) is 6.46. The molecule has 0 aliphatic carbocycles. The number of anilines is 1. The molecule has 2 aromatic carbocycles. The number of pyridine rings is 1. The Bertz CT molecular complexity index is 1050. The molecule has 1 aromatic heterocycles. The molecule has 1 heterocycles. The van der Waals surface area contributed by atoms with Crippen molar-refractivity contribution in [2.45, 2.75) is 13.0 Å². The van der Waals surface area contributed by atoms with E-state index >= 15 is 0 Å². The van der Waals surface area contributed by atoms with Crippen LogP contribution < -0.4 is 15.8 Å². The summed E-state index contributed by atoms with van der Waals surface area (Å²) in [6.07, 6.45) is 1.03. The molecule has 2 unspecified atom stereocenters. The number of aromatic nitrogens is 1. The van der Waals surface area contributed by atoms with Crippen LogP contribution in [0.3, 0.4) is 0 Å². The van der Waals surface area contributed by atoms with Gasteiger partial charge in [-0.15, -0.1) is 0 Å². The van der Waals surface area contributed by atoms with Gasteiger partial charge in [-0.3, -0.25) is 4.57 Å². The predicted octanol–water partition coefficient (Wildman–Crippen LogP) is 4.79. The number of halogens is 2. The molecule has 3 N–H and O–H groups in total.